The van der Waals surface area contributed by atoms with E-state index < -0.39 is 6.10 Å². The fourth-order valence-corrected chi connectivity index (χ4v) is 1.32. The second kappa shape index (κ2) is 5.85. The van der Waals surface area contributed by atoms with Crippen molar-refractivity contribution in [2.75, 3.05) is 6.61 Å². The van der Waals surface area contributed by atoms with Crippen molar-refractivity contribution in [1.29, 1.82) is 0 Å². The van der Waals surface area contributed by atoms with Gasteiger partial charge in [0.25, 0.3) is 0 Å². The van der Waals surface area contributed by atoms with Crippen molar-refractivity contribution >= 4 is 0 Å². The van der Waals surface area contributed by atoms with Gasteiger partial charge in [0, 0.05) is 6.07 Å². The van der Waals surface area contributed by atoms with Crippen LogP contribution in [0, 0.1) is 11.7 Å². The molecule has 0 saturated carbocycles. The molecule has 1 aromatic carbocycles. The van der Waals surface area contributed by atoms with Gasteiger partial charge in [0.15, 0.2) is 0 Å². The van der Waals surface area contributed by atoms with Crippen LogP contribution in [0.5, 0.6) is 5.75 Å². The van der Waals surface area contributed by atoms with Gasteiger partial charge in [-0.15, -0.1) is 0 Å². The normalized spacial score (nSPS) is 12.9. The van der Waals surface area contributed by atoms with Crippen molar-refractivity contribution in [2.24, 2.45) is 5.92 Å². The molecule has 0 aromatic heterocycles. The van der Waals surface area contributed by atoms with Crippen LogP contribution in [0.2, 0.25) is 0 Å². The highest BCUT2D eigenvalue weighted by Gasteiger charge is 2.06. The minimum absolute atomic E-state index is 0.377. The van der Waals surface area contributed by atoms with Crippen LogP contribution in [0.1, 0.15) is 38.9 Å². The Bertz CT molecular complexity index is 335. The molecule has 0 amide bonds. The number of ether oxygens (including phenoxy) is 1. The molecule has 1 atom stereocenters. The third kappa shape index (κ3) is 4.19. The number of hydrogen-bond acceptors (Lipinski definition) is 2. The van der Waals surface area contributed by atoms with Crippen LogP contribution in [0.25, 0.3) is 0 Å². The number of aliphatic hydroxyl groups excluding tert-OH is 1. The molecular weight excluding hydrogens is 207 g/mol. The number of rotatable bonds is 5. The van der Waals surface area contributed by atoms with E-state index in [0.717, 1.165) is 6.42 Å². The summed E-state index contributed by atoms with van der Waals surface area (Å²) >= 11 is 0. The maximum atomic E-state index is 13.2. The molecular formula is C13H19FO2. The van der Waals surface area contributed by atoms with Crippen molar-refractivity contribution in [3.8, 4) is 5.75 Å². The van der Waals surface area contributed by atoms with E-state index in [1.807, 2.05) is 0 Å². The summed E-state index contributed by atoms with van der Waals surface area (Å²) in [6.45, 7) is 6.39. The molecule has 0 spiro atoms. The van der Waals surface area contributed by atoms with E-state index in [2.05, 4.69) is 13.8 Å². The van der Waals surface area contributed by atoms with Crippen LogP contribution in [-0.2, 0) is 0 Å². The standard InChI is InChI=1S/C13H19FO2/c1-9(2)4-5-16-13-7-11(10(3)15)6-12(14)8-13/h6-10,15H,4-5H2,1-3H3. The molecule has 1 N–H and O–H groups in total. The fraction of sp³-hybridized carbons (Fsp3) is 0.538. The molecule has 0 bridgehead atoms. The molecule has 16 heavy (non-hydrogen) atoms. The van der Waals surface area contributed by atoms with Gasteiger partial charge in [-0.05, 0) is 37.0 Å². The van der Waals surface area contributed by atoms with Crippen molar-refractivity contribution < 1.29 is 14.2 Å². The van der Waals surface area contributed by atoms with Crippen molar-refractivity contribution in [3.63, 3.8) is 0 Å². The van der Waals surface area contributed by atoms with Gasteiger partial charge in [-0.25, -0.2) is 4.39 Å². The van der Waals surface area contributed by atoms with Gasteiger partial charge in [-0.3, -0.25) is 0 Å². The summed E-state index contributed by atoms with van der Waals surface area (Å²) in [6, 6.07) is 4.33. The number of aliphatic hydroxyl groups is 1. The molecule has 90 valence electrons. The molecule has 0 heterocycles. The largest absolute Gasteiger partial charge is 0.493 e. The van der Waals surface area contributed by atoms with Crippen LogP contribution in [0.4, 0.5) is 4.39 Å². The Kier molecular flexibility index (Phi) is 4.74. The summed E-state index contributed by atoms with van der Waals surface area (Å²) in [5.41, 5.74) is 0.541. The van der Waals surface area contributed by atoms with E-state index in [-0.39, 0.29) is 5.82 Å². The maximum absolute atomic E-state index is 13.2. The molecule has 0 radical (unpaired) electrons. The zero-order chi connectivity index (χ0) is 12.1. The maximum Gasteiger partial charge on any atom is 0.127 e. The quantitative estimate of drug-likeness (QED) is 0.834. The lowest BCUT2D eigenvalue weighted by Crippen LogP contribution is -2.02. The SMILES string of the molecule is CC(C)CCOc1cc(F)cc(C(C)O)c1. The summed E-state index contributed by atoms with van der Waals surface area (Å²) in [6.07, 6.45) is 0.253. The third-order valence-corrected chi connectivity index (χ3v) is 2.34. The molecule has 0 aliphatic heterocycles. The lowest BCUT2D eigenvalue weighted by atomic mass is 10.1. The van der Waals surface area contributed by atoms with Gasteiger partial charge in [0.1, 0.15) is 11.6 Å². The Morgan fingerprint density at radius 1 is 1.25 bits per heavy atom. The number of halogens is 1. The highest BCUT2D eigenvalue weighted by molar-refractivity contribution is 5.30. The van der Waals surface area contributed by atoms with E-state index in [9.17, 15) is 9.50 Å². The Balaban J connectivity index is 2.65. The van der Waals surface area contributed by atoms with Gasteiger partial charge in [0.05, 0.1) is 12.7 Å². The average Bonchev–Trinajstić information content (AvgIpc) is 2.16. The molecule has 0 saturated heterocycles. The molecule has 2 nitrogen and oxygen atoms in total. The van der Waals surface area contributed by atoms with Crippen LogP contribution in [0.3, 0.4) is 0 Å². The van der Waals surface area contributed by atoms with Crippen LogP contribution in [-0.4, -0.2) is 11.7 Å². The number of benzene rings is 1. The van der Waals surface area contributed by atoms with Gasteiger partial charge in [0.2, 0.25) is 0 Å². The van der Waals surface area contributed by atoms with E-state index in [1.54, 1.807) is 13.0 Å². The van der Waals surface area contributed by atoms with Crippen LogP contribution < -0.4 is 4.74 Å². The highest BCUT2D eigenvalue weighted by atomic mass is 19.1. The lowest BCUT2D eigenvalue weighted by molar-refractivity contribution is 0.197. The van der Waals surface area contributed by atoms with Gasteiger partial charge >= 0.3 is 0 Å². The van der Waals surface area contributed by atoms with E-state index >= 15 is 0 Å². The summed E-state index contributed by atoms with van der Waals surface area (Å²) in [5, 5.41) is 9.36. The molecule has 0 fully saturated rings. The summed E-state index contributed by atoms with van der Waals surface area (Å²) < 4.78 is 18.6. The molecule has 0 aliphatic rings. The summed E-state index contributed by atoms with van der Waals surface area (Å²) in [7, 11) is 0. The first-order valence-corrected chi connectivity index (χ1v) is 5.60. The molecule has 1 unspecified atom stereocenters. The molecule has 3 heteroatoms. The van der Waals surface area contributed by atoms with E-state index in [4.69, 9.17) is 4.74 Å². The first-order chi connectivity index (χ1) is 7.49. The van der Waals surface area contributed by atoms with Crippen molar-refractivity contribution in [1.82, 2.24) is 0 Å². The molecule has 1 rings (SSSR count). The summed E-state index contributed by atoms with van der Waals surface area (Å²) in [4.78, 5) is 0. The lowest BCUT2D eigenvalue weighted by Gasteiger charge is -2.11. The zero-order valence-electron chi connectivity index (χ0n) is 10.0. The first-order valence-electron chi connectivity index (χ1n) is 5.60. The van der Waals surface area contributed by atoms with Gasteiger partial charge in [-0.2, -0.15) is 0 Å². The summed E-state index contributed by atoms with van der Waals surface area (Å²) in [5.74, 6) is 0.666. The fourth-order valence-electron chi connectivity index (χ4n) is 1.32. The minimum atomic E-state index is -0.678. The molecule has 1 aromatic rings. The average molecular weight is 226 g/mol. The zero-order valence-corrected chi connectivity index (χ0v) is 10.0. The van der Waals surface area contributed by atoms with Crippen LogP contribution >= 0.6 is 0 Å². The Hall–Kier alpha value is -1.09. The minimum Gasteiger partial charge on any atom is -0.493 e. The number of hydrogen-bond donors (Lipinski definition) is 1. The molecule has 0 aliphatic carbocycles. The predicted octanol–water partition coefficient (Wildman–Crippen LogP) is 3.30. The topological polar surface area (TPSA) is 29.5 Å². The smallest absolute Gasteiger partial charge is 0.127 e. The predicted molar refractivity (Wildman–Crippen MR) is 62.0 cm³/mol. The van der Waals surface area contributed by atoms with Gasteiger partial charge in [-0.1, -0.05) is 13.8 Å². The highest BCUT2D eigenvalue weighted by Crippen LogP contribution is 2.21. The second-order valence-electron chi connectivity index (χ2n) is 4.43. The van der Waals surface area contributed by atoms with Crippen LogP contribution in [0.15, 0.2) is 18.2 Å². The monoisotopic (exact) mass is 226 g/mol. The Morgan fingerprint density at radius 2 is 1.94 bits per heavy atom. The van der Waals surface area contributed by atoms with Crippen molar-refractivity contribution in [3.05, 3.63) is 29.6 Å². The van der Waals surface area contributed by atoms with Gasteiger partial charge < -0.3 is 9.84 Å². The second-order valence-corrected chi connectivity index (χ2v) is 4.43. The first kappa shape index (κ1) is 13.0. The third-order valence-electron chi connectivity index (χ3n) is 2.34. The van der Waals surface area contributed by atoms with E-state index in [0.29, 0.717) is 23.8 Å². The Morgan fingerprint density at radius 3 is 2.50 bits per heavy atom. The van der Waals surface area contributed by atoms with Crippen molar-refractivity contribution in [2.45, 2.75) is 33.3 Å². The van der Waals surface area contributed by atoms with E-state index in [1.165, 1.54) is 12.1 Å². The Labute approximate surface area is 96.1 Å².